The Kier molecular flexibility index (Phi) is 8.92. The highest BCUT2D eigenvalue weighted by molar-refractivity contribution is 7.99. The lowest BCUT2D eigenvalue weighted by Crippen LogP contribution is -2.32. The Balaban J connectivity index is 3.52. The summed E-state index contributed by atoms with van der Waals surface area (Å²) in [6.45, 7) is 0.0838. The third-order valence-electron chi connectivity index (χ3n) is 1.96. The van der Waals surface area contributed by atoms with Crippen molar-refractivity contribution in [2.24, 2.45) is 5.73 Å². The molecule has 2 atom stereocenters. The van der Waals surface area contributed by atoms with E-state index in [1.54, 1.807) is 0 Å². The molecule has 1 unspecified atom stereocenters. The summed E-state index contributed by atoms with van der Waals surface area (Å²) in [6, 6.07) is -0.918. The van der Waals surface area contributed by atoms with Crippen LogP contribution >= 0.6 is 11.8 Å². The van der Waals surface area contributed by atoms with Crippen molar-refractivity contribution in [3.05, 3.63) is 0 Å². The highest BCUT2D eigenvalue weighted by Gasteiger charge is 2.18. The Morgan fingerprint density at radius 3 is 2.37 bits per heavy atom. The molecule has 0 aliphatic rings. The van der Waals surface area contributed by atoms with Gasteiger partial charge in [0.2, 0.25) is 0 Å². The Morgan fingerprint density at radius 2 is 1.84 bits per heavy atom. The van der Waals surface area contributed by atoms with Crippen LogP contribution in [0.1, 0.15) is 12.8 Å². The SMILES string of the molecule is N[C@H](CSCCCOC(=O)CC(O)C(=O)O)C(=O)O. The third kappa shape index (κ3) is 9.28. The van der Waals surface area contributed by atoms with Crippen molar-refractivity contribution in [3.8, 4) is 0 Å². The Morgan fingerprint density at radius 1 is 1.21 bits per heavy atom. The van der Waals surface area contributed by atoms with Crippen LogP contribution in [0.5, 0.6) is 0 Å². The summed E-state index contributed by atoms with van der Waals surface area (Å²) in [5.41, 5.74) is 5.27. The molecule has 0 aromatic carbocycles. The van der Waals surface area contributed by atoms with Crippen LogP contribution < -0.4 is 5.73 Å². The summed E-state index contributed by atoms with van der Waals surface area (Å²) in [4.78, 5) is 31.7. The zero-order valence-electron chi connectivity index (χ0n) is 10.2. The molecule has 8 nitrogen and oxygen atoms in total. The van der Waals surface area contributed by atoms with Crippen LogP contribution in [0.2, 0.25) is 0 Å². The number of carboxylic acid groups (broad SMARTS) is 2. The quantitative estimate of drug-likeness (QED) is 0.291. The lowest BCUT2D eigenvalue weighted by Gasteiger charge is -2.07. The Hall–Kier alpha value is -1.32. The second-order valence-corrected chi connectivity index (χ2v) is 4.80. The molecule has 0 aromatic rings. The number of aliphatic hydroxyl groups is 1. The number of rotatable bonds is 10. The first kappa shape index (κ1) is 17.7. The van der Waals surface area contributed by atoms with Gasteiger partial charge in [0.25, 0.3) is 0 Å². The van der Waals surface area contributed by atoms with Gasteiger partial charge in [-0.25, -0.2) is 4.79 Å². The fourth-order valence-corrected chi connectivity index (χ4v) is 1.82. The van der Waals surface area contributed by atoms with Gasteiger partial charge in [-0.3, -0.25) is 9.59 Å². The van der Waals surface area contributed by atoms with Gasteiger partial charge in [0.1, 0.15) is 6.04 Å². The van der Waals surface area contributed by atoms with Crippen LogP contribution in [0, 0.1) is 0 Å². The van der Waals surface area contributed by atoms with Crippen LogP contribution in [0.4, 0.5) is 0 Å². The van der Waals surface area contributed by atoms with E-state index in [9.17, 15) is 14.4 Å². The van der Waals surface area contributed by atoms with E-state index in [2.05, 4.69) is 0 Å². The summed E-state index contributed by atoms with van der Waals surface area (Å²) in [5.74, 6) is -2.50. The standard InChI is InChI=1S/C10H17NO7S/c11-6(9(14)15)5-19-3-1-2-18-8(13)4-7(12)10(16)17/h6-7,12H,1-5,11H2,(H,14,15)(H,16,17)/t6-,7?/m1/s1. The van der Waals surface area contributed by atoms with E-state index in [0.717, 1.165) is 0 Å². The molecule has 0 bridgehead atoms. The van der Waals surface area contributed by atoms with Crippen molar-refractivity contribution in [1.29, 1.82) is 0 Å². The maximum atomic E-state index is 11.0. The molecule has 0 spiro atoms. The summed E-state index contributed by atoms with van der Waals surface area (Å²) in [5, 5.41) is 25.7. The minimum absolute atomic E-state index is 0.0838. The minimum atomic E-state index is -1.75. The largest absolute Gasteiger partial charge is 0.480 e. The zero-order valence-corrected chi connectivity index (χ0v) is 11.0. The number of esters is 1. The van der Waals surface area contributed by atoms with Crippen molar-refractivity contribution < 1.29 is 34.4 Å². The van der Waals surface area contributed by atoms with Crippen LogP contribution in [0.25, 0.3) is 0 Å². The normalized spacial score (nSPS) is 13.6. The van der Waals surface area contributed by atoms with Crippen LogP contribution in [-0.2, 0) is 19.1 Å². The van der Waals surface area contributed by atoms with E-state index in [0.29, 0.717) is 12.2 Å². The number of hydrogen-bond donors (Lipinski definition) is 4. The number of thioether (sulfide) groups is 1. The second-order valence-electron chi connectivity index (χ2n) is 3.65. The van der Waals surface area contributed by atoms with Gasteiger partial charge in [-0.1, -0.05) is 0 Å². The molecule has 0 radical (unpaired) electrons. The summed E-state index contributed by atoms with van der Waals surface area (Å²) >= 11 is 1.32. The van der Waals surface area contributed by atoms with Crippen LogP contribution in [0.15, 0.2) is 0 Å². The van der Waals surface area contributed by atoms with E-state index in [-0.39, 0.29) is 12.4 Å². The fourth-order valence-electron chi connectivity index (χ4n) is 0.933. The topological polar surface area (TPSA) is 147 Å². The molecule has 0 aromatic heterocycles. The number of carboxylic acids is 2. The number of aliphatic carboxylic acids is 2. The predicted molar refractivity (Wildman–Crippen MR) is 66.8 cm³/mol. The highest BCUT2D eigenvalue weighted by atomic mass is 32.2. The van der Waals surface area contributed by atoms with Crippen molar-refractivity contribution in [2.45, 2.75) is 25.0 Å². The van der Waals surface area contributed by atoms with E-state index in [1.165, 1.54) is 11.8 Å². The fraction of sp³-hybridized carbons (Fsp3) is 0.700. The maximum Gasteiger partial charge on any atom is 0.333 e. The number of nitrogens with two attached hydrogens (primary N) is 1. The number of ether oxygens (including phenoxy) is 1. The molecule has 5 N–H and O–H groups in total. The molecule has 0 amide bonds. The summed E-state index contributed by atoms with van der Waals surface area (Å²) in [6.07, 6.45) is -1.85. The molecular formula is C10H17NO7S. The van der Waals surface area contributed by atoms with E-state index in [1.807, 2.05) is 0 Å². The van der Waals surface area contributed by atoms with Crippen molar-refractivity contribution >= 4 is 29.7 Å². The van der Waals surface area contributed by atoms with Crippen LogP contribution in [-0.4, -0.2) is 63.5 Å². The molecule has 110 valence electrons. The summed E-state index contributed by atoms with van der Waals surface area (Å²) in [7, 11) is 0. The molecule has 0 heterocycles. The van der Waals surface area contributed by atoms with Gasteiger partial charge >= 0.3 is 17.9 Å². The van der Waals surface area contributed by atoms with E-state index in [4.69, 9.17) is 25.8 Å². The molecule has 0 fully saturated rings. The Labute approximate surface area is 113 Å². The number of carbonyl (C=O) groups is 3. The zero-order chi connectivity index (χ0) is 14.8. The molecule has 9 heteroatoms. The van der Waals surface area contributed by atoms with Gasteiger partial charge in [0.05, 0.1) is 13.0 Å². The monoisotopic (exact) mass is 295 g/mol. The first-order valence-corrected chi connectivity index (χ1v) is 6.62. The minimum Gasteiger partial charge on any atom is -0.480 e. The maximum absolute atomic E-state index is 11.0. The van der Waals surface area contributed by atoms with Gasteiger partial charge in [-0.15, -0.1) is 0 Å². The van der Waals surface area contributed by atoms with Crippen molar-refractivity contribution in [3.63, 3.8) is 0 Å². The van der Waals surface area contributed by atoms with Crippen LogP contribution in [0.3, 0.4) is 0 Å². The van der Waals surface area contributed by atoms with Gasteiger partial charge in [-0.2, -0.15) is 11.8 Å². The van der Waals surface area contributed by atoms with E-state index < -0.39 is 36.5 Å². The molecule has 19 heavy (non-hydrogen) atoms. The molecule has 0 rings (SSSR count). The number of hydrogen-bond acceptors (Lipinski definition) is 7. The highest BCUT2D eigenvalue weighted by Crippen LogP contribution is 2.05. The number of aliphatic hydroxyl groups excluding tert-OH is 1. The van der Waals surface area contributed by atoms with Gasteiger partial charge in [0, 0.05) is 5.75 Å². The lowest BCUT2D eigenvalue weighted by molar-refractivity contribution is -0.155. The lowest BCUT2D eigenvalue weighted by atomic mass is 10.2. The molecule has 0 aliphatic carbocycles. The average molecular weight is 295 g/mol. The number of carbonyl (C=O) groups excluding carboxylic acids is 1. The van der Waals surface area contributed by atoms with Crippen molar-refractivity contribution in [1.82, 2.24) is 0 Å². The van der Waals surface area contributed by atoms with Gasteiger partial charge < -0.3 is 25.8 Å². The van der Waals surface area contributed by atoms with Crippen molar-refractivity contribution in [2.75, 3.05) is 18.1 Å². The first-order valence-electron chi connectivity index (χ1n) is 5.47. The Bertz CT molecular complexity index is 323. The average Bonchev–Trinajstić information content (AvgIpc) is 2.32. The molecule has 0 saturated heterocycles. The van der Waals surface area contributed by atoms with Gasteiger partial charge in [-0.05, 0) is 12.2 Å². The van der Waals surface area contributed by atoms with Gasteiger partial charge in [0.15, 0.2) is 6.10 Å². The molecule has 0 saturated carbocycles. The molecule has 0 aliphatic heterocycles. The summed E-state index contributed by atoms with van der Waals surface area (Å²) < 4.78 is 4.69. The first-order chi connectivity index (χ1) is 8.84. The van der Waals surface area contributed by atoms with E-state index >= 15 is 0 Å². The second kappa shape index (κ2) is 9.59. The smallest absolute Gasteiger partial charge is 0.333 e. The molecular weight excluding hydrogens is 278 g/mol. The predicted octanol–water partition coefficient (Wildman–Crippen LogP) is -1.10. The third-order valence-corrected chi connectivity index (χ3v) is 3.13.